The Labute approximate surface area is 97.6 Å². The molecular weight excluding hydrogens is 208 g/mol. The molecule has 0 amide bonds. The van der Waals surface area contributed by atoms with Gasteiger partial charge in [-0.05, 0) is 20.3 Å². The number of carbonyl (C=O) groups excluding carboxylic acids is 1. The van der Waals surface area contributed by atoms with Gasteiger partial charge in [-0.1, -0.05) is 20.3 Å². The van der Waals surface area contributed by atoms with Crippen molar-refractivity contribution in [3.8, 4) is 0 Å². The molecule has 0 heterocycles. The summed E-state index contributed by atoms with van der Waals surface area (Å²) < 4.78 is 5.01. The maximum Gasteiger partial charge on any atom is 0.311 e. The topological polar surface area (TPSA) is 66.8 Å². The van der Waals surface area contributed by atoms with Crippen molar-refractivity contribution < 1.29 is 19.7 Å². The van der Waals surface area contributed by atoms with E-state index in [9.17, 15) is 15.0 Å². The van der Waals surface area contributed by atoms with Gasteiger partial charge in [0, 0.05) is 5.92 Å². The monoisotopic (exact) mass is 232 g/mol. The molecule has 0 aliphatic heterocycles. The fourth-order valence-corrected chi connectivity index (χ4v) is 1.33. The highest BCUT2D eigenvalue weighted by atomic mass is 16.5. The van der Waals surface area contributed by atoms with E-state index in [0.29, 0.717) is 6.61 Å². The molecule has 0 saturated heterocycles. The van der Waals surface area contributed by atoms with E-state index in [1.165, 1.54) is 0 Å². The van der Waals surface area contributed by atoms with E-state index in [1.54, 1.807) is 20.8 Å². The lowest BCUT2D eigenvalue weighted by atomic mass is 9.90. The molecule has 96 valence electrons. The largest absolute Gasteiger partial charge is 0.465 e. The Balaban J connectivity index is 4.10. The molecule has 2 N–H and O–H groups in total. The van der Waals surface area contributed by atoms with Gasteiger partial charge >= 0.3 is 5.97 Å². The van der Waals surface area contributed by atoms with Crippen LogP contribution >= 0.6 is 0 Å². The summed E-state index contributed by atoms with van der Waals surface area (Å²) in [6, 6.07) is 0. The van der Waals surface area contributed by atoms with E-state index in [0.717, 1.165) is 12.8 Å². The normalized spacial score (nSPS) is 18.6. The van der Waals surface area contributed by atoms with E-state index in [1.807, 2.05) is 6.92 Å². The zero-order valence-corrected chi connectivity index (χ0v) is 10.6. The Morgan fingerprint density at radius 3 is 2.25 bits per heavy atom. The molecule has 0 unspecified atom stereocenters. The van der Waals surface area contributed by atoms with Gasteiger partial charge in [-0.2, -0.15) is 0 Å². The van der Waals surface area contributed by atoms with E-state index in [-0.39, 0.29) is 5.92 Å². The molecule has 0 radical (unpaired) electrons. The van der Waals surface area contributed by atoms with Gasteiger partial charge in [-0.25, -0.2) is 0 Å². The van der Waals surface area contributed by atoms with Gasteiger partial charge < -0.3 is 14.9 Å². The minimum Gasteiger partial charge on any atom is -0.465 e. The zero-order chi connectivity index (χ0) is 12.7. The second-order valence-electron chi connectivity index (χ2n) is 4.40. The average Bonchev–Trinajstić information content (AvgIpc) is 2.26. The molecule has 0 aliphatic rings. The van der Waals surface area contributed by atoms with Gasteiger partial charge in [-0.3, -0.25) is 4.79 Å². The van der Waals surface area contributed by atoms with Crippen LogP contribution in [0.2, 0.25) is 0 Å². The number of carbonyl (C=O) groups is 1. The molecule has 16 heavy (non-hydrogen) atoms. The molecule has 4 atom stereocenters. The molecule has 0 spiro atoms. The SMILES string of the molecule is CCCCOC(=O)[C@@H](C)[C@H](O)[C@@H](C)[C@H](C)O. The minimum atomic E-state index is -0.867. The third-order valence-electron chi connectivity index (χ3n) is 2.93. The molecule has 0 aromatic carbocycles. The number of hydrogen-bond donors (Lipinski definition) is 2. The summed E-state index contributed by atoms with van der Waals surface area (Å²) in [6.07, 6.45) is 0.296. The molecule has 0 bridgehead atoms. The highest BCUT2D eigenvalue weighted by Crippen LogP contribution is 2.17. The van der Waals surface area contributed by atoms with Crippen molar-refractivity contribution in [2.24, 2.45) is 11.8 Å². The standard InChI is InChI=1S/C12H24O4/c1-5-6-7-16-12(15)9(3)11(14)8(2)10(4)13/h8-11,13-14H,5-7H2,1-4H3/t8-,9-,10-,11+/m0/s1. The van der Waals surface area contributed by atoms with Crippen LogP contribution in [0.4, 0.5) is 0 Å². The van der Waals surface area contributed by atoms with Crippen LogP contribution in [0.1, 0.15) is 40.5 Å². The summed E-state index contributed by atoms with van der Waals surface area (Å²) in [4.78, 5) is 11.5. The molecule has 0 fully saturated rings. The number of rotatable bonds is 7. The van der Waals surface area contributed by atoms with Gasteiger partial charge in [0.1, 0.15) is 0 Å². The maximum absolute atomic E-state index is 11.5. The van der Waals surface area contributed by atoms with Gasteiger partial charge in [0.15, 0.2) is 0 Å². The maximum atomic E-state index is 11.5. The molecule has 4 heteroatoms. The first-order valence-electron chi connectivity index (χ1n) is 5.94. The summed E-state index contributed by atoms with van der Waals surface area (Å²) in [5.41, 5.74) is 0. The van der Waals surface area contributed by atoms with E-state index in [2.05, 4.69) is 0 Å². The first kappa shape index (κ1) is 15.4. The summed E-state index contributed by atoms with van der Waals surface area (Å²) in [7, 11) is 0. The Hall–Kier alpha value is -0.610. The van der Waals surface area contributed by atoms with Crippen molar-refractivity contribution in [3.63, 3.8) is 0 Å². The van der Waals surface area contributed by atoms with Gasteiger partial charge in [-0.15, -0.1) is 0 Å². The van der Waals surface area contributed by atoms with Crippen LogP contribution in [0, 0.1) is 11.8 Å². The Bertz CT molecular complexity index is 203. The van der Waals surface area contributed by atoms with Crippen LogP contribution < -0.4 is 0 Å². The smallest absolute Gasteiger partial charge is 0.311 e. The quantitative estimate of drug-likeness (QED) is 0.513. The first-order valence-corrected chi connectivity index (χ1v) is 5.94. The second kappa shape index (κ2) is 7.63. The Morgan fingerprint density at radius 1 is 1.25 bits per heavy atom. The van der Waals surface area contributed by atoms with Crippen molar-refractivity contribution in [1.82, 2.24) is 0 Å². The number of ether oxygens (including phenoxy) is 1. The third-order valence-corrected chi connectivity index (χ3v) is 2.93. The zero-order valence-electron chi connectivity index (χ0n) is 10.6. The third kappa shape index (κ3) is 4.94. The number of unbranched alkanes of at least 4 members (excludes halogenated alkanes) is 1. The van der Waals surface area contributed by atoms with Crippen LogP contribution in [0.25, 0.3) is 0 Å². The van der Waals surface area contributed by atoms with Crippen LogP contribution in [-0.2, 0) is 9.53 Å². The Kier molecular flexibility index (Phi) is 7.34. The average molecular weight is 232 g/mol. The summed E-state index contributed by atoms with van der Waals surface area (Å²) >= 11 is 0. The summed E-state index contributed by atoms with van der Waals surface area (Å²) in [5.74, 6) is -1.33. The molecule has 0 aliphatic carbocycles. The summed E-state index contributed by atoms with van der Waals surface area (Å²) in [5, 5.41) is 19.1. The van der Waals surface area contributed by atoms with Crippen molar-refractivity contribution in [2.75, 3.05) is 6.61 Å². The number of hydrogen-bond acceptors (Lipinski definition) is 4. The lowest BCUT2D eigenvalue weighted by molar-refractivity contribution is -0.154. The summed E-state index contributed by atoms with van der Waals surface area (Å²) in [6.45, 7) is 7.35. The first-order chi connectivity index (χ1) is 7.41. The Morgan fingerprint density at radius 2 is 1.81 bits per heavy atom. The fourth-order valence-electron chi connectivity index (χ4n) is 1.33. The lowest BCUT2D eigenvalue weighted by Crippen LogP contribution is -2.37. The van der Waals surface area contributed by atoms with Crippen molar-refractivity contribution >= 4 is 5.97 Å². The van der Waals surface area contributed by atoms with Crippen molar-refractivity contribution in [2.45, 2.75) is 52.7 Å². The predicted octanol–water partition coefficient (Wildman–Crippen LogP) is 1.34. The predicted molar refractivity (Wildman–Crippen MR) is 61.9 cm³/mol. The lowest BCUT2D eigenvalue weighted by Gasteiger charge is -2.25. The number of aliphatic hydroxyl groups is 2. The molecule has 0 aromatic rings. The minimum absolute atomic E-state index is 0.339. The number of aliphatic hydroxyl groups excluding tert-OH is 2. The molecule has 4 nitrogen and oxygen atoms in total. The molecule has 0 rings (SSSR count). The van der Waals surface area contributed by atoms with E-state index in [4.69, 9.17) is 4.74 Å². The highest BCUT2D eigenvalue weighted by molar-refractivity contribution is 5.72. The number of esters is 1. The van der Waals surface area contributed by atoms with E-state index < -0.39 is 24.1 Å². The van der Waals surface area contributed by atoms with Crippen molar-refractivity contribution in [1.29, 1.82) is 0 Å². The van der Waals surface area contributed by atoms with Gasteiger partial charge in [0.05, 0.1) is 24.7 Å². The molecule has 0 saturated carbocycles. The fraction of sp³-hybridized carbons (Fsp3) is 0.917. The van der Waals surface area contributed by atoms with Crippen LogP contribution in [0.5, 0.6) is 0 Å². The van der Waals surface area contributed by atoms with Crippen LogP contribution in [-0.4, -0.2) is 35.0 Å². The van der Waals surface area contributed by atoms with Crippen LogP contribution in [0.15, 0.2) is 0 Å². The van der Waals surface area contributed by atoms with Crippen LogP contribution in [0.3, 0.4) is 0 Å². The molecule has 0 aromatic heterocycles. The molecular formula is C12H24O4. The highest BCUT2D eigenvalue weighted by Gasteiger charge is 2.30. The van der Waals surface area contributed by atoms with Crippen molar-refractivity contribution in [3.05, 3.63) is 0 Å². The van der Waals surface area contributed by atoms with Gasteiger partial charge in [0.25, 0.3) is 0 Å². The van der Waals surface area contributed by atoms with E-state index >= 15 is 0 Å². The second-order valence-corrected chi connectivity index (χ2v) is 4.40. The van der Waals surface area contributed by atoms with Gasteiger partial charge in [0.2, 0.25) is 0 Å².